The molecule has 2 heteroatoms. The Bertz CT molecular complexity index is 306. The van der Waals surface area contributed by atoms with Crippen molar-refractivity contribution in [2.75, 3.05) is 0 Å². The molecule has 0 spiro atoms. The van der Waals surface area contributed by atoms with Gasteiger partial charge in [-0.1, -0.05) is 168 Å². The van der Waals surface area contributed by atoms with Gasteiger partial charge in [-0.2, -0.15) is 0 Å². The summed E-state index contributed by atoms with van der Waals surface area (Å²) in [4.78, 5) is 10.3. The molecule has 0 amide bonds. The van der Waals surface area contributed by atoms with Crippen molar-refractivity contribution in [3.8, 4) is 0 Å². The highest BCUT2D eigenvalue weighted by Crippen LogP contribution is 2.13. The number of aliphatic carboxylic acids is 1. The topological polar surface area (TPSA) is 37.3 Å². The Balaban J connectivity index is 0. The van der Waals surface area contributed by atoms with E-state index in [1.807, 2.05) is 0 Å². The lowest BCUT2D eigenvalue weighted by atomic mass is 10.0. The second kappa shape index (κ2) is 31.7. The summed E-state index contributed by atoms with van der Waals surface area (Å²) in [6, 6.07) is 0. The highest BCUT2D eigenvalue weighted by atomic mass is 16.4. The van der Waals surface area contributed by atoms with Gasteiger partial charge in [-0.15, -0.1) is 0 Å². The lowest BCUT2D eigenvalue weighted by molar-refractivity contribution is -0.137. The van der Waals surface area contributed by atoms with Crippen LogP contribution >= 0.6 is 0 Å². The van der Waals surface area contributed by atoms with Gasteiger partial charge in [0.2, 0.25) is 0 Å². The minimum absolute atomic E-state index is 0.345. The molecule has 0 aliphatic rings. The molecule has 31 heavy (non-hydrogen) atoms. The Morgan fingerprint density at radius 3 is 0.774 bits per heavy atom. The summed E-state index contributed by atoms with van der Waals surface area (Å²) in [5.74, 6) is -0.653. The van der Waals surface area contributed by atoms with Crippen molar-refractivity contribution in [1.82, 2.24) is 0 Å². The molecule has 0 atom stereocenters. The van der Waals surface area contributed by atoms with Crippen molar-refractivity contribution < 1.29 is 9.90 Å². The summed E-state index contributed by atoms with van der Waals surface area (Å²) in [6.45, 7) is 6.82. The van der Waals surface area contributed by atoms with Gasteiger partial charge in [0.1, 0.15) is 0 Å². The van der Waals surface area contributed by atoms with Crippen molar-refractivity contribution >= 4 is 5.97 Å². The molecule has 0 rings (SSSR count). The quantitative estimate of drug-likeness (QED) is 0.151. The lowest BCUT2D eigenvalue weighted by Gasteiger charge is -2.03. The first-order chi connectivity index (χ1) is 15.2. The van der Waals surface area contributed by atoms with Crippen LogP contribution in [0.3, 0.4) is 0 Å². The minimum atomic E-state index is -0.653. The van der Waals surface area contributed by atoms with Gasteiger partial charge in [0.05, 0.1) is 0 Å². The molecule has 0 aromatic rings. The molecule has 188 valence electrons. The number of carbonyl (C=O) groups is 1. The summed E-state index contributed by atoms with van der Waals surface area (Å²) in [7, 11) is 0. The smallest absolute Gasteiger partial charge is 0.303 e. The highest BCUT2D eigenvalue weighted by Gasteiger charge is 1.97. The molecule has 1 N–H and O–H groups in total. The number of rotatable bonds is 24. The van der Waals surface area contributed by atoms with E-state index in [1.165, 1.54) is 141 Å². The van der Waals surface area contributed by atoms with Crippen LogP contribution in [-0.2, 0) is 4.79 Å². The van der Waals surface area contributed by atoms with Gasteiger partial charge in [0.25, 0.3) is 0 Å². The summed E-state index contributed by atoms with van der Waals surface area (Å²) < 4.78 is 0. The van der Waals surface area contributed by atoms with Gasteiger partial charge in [-0.25, -0.2) is 0 Å². The molecule has 0 aromatic carbocycles. The van der Waals surface area contributed by atoms with Gasteiger partial charge in [-0.3, -0.25) is 4.79 Å². The van der Waals surface area contributed by atoms with Gasteiger partial charge in [0, 0.05) is 6.42 Å². The van der Waals surface area contributed by atoms with Crippen LogP contribution in [0.1, 0.15) is 181 Å². The molecule has 0 saturated carbocycles. The number of hydrogen-bond acceptors (Lipinski definition) is 1. The third kappa shape index (κ3) is 37.1. The molecule has 0 radical (unpaired) electrons. The van der Waals surface area contributed by atoms with Crippen molar-refractivity contribution in [2.24, 2.45) is 0 Å². The maximum Gasteiger partial charge on any atom is 0.303 e. The van der Waals surface area contributed by atoms with Gasteiger partial charge < -0.3 is 5.11 Å². The predicted molar refractivity (Wildman–Crippen MR) is 140 cm³/mol. The third-order valence-electron chi connectivity index (χ3n) is 6.20. The highest BCUT2D eigenvalue weighted by molar-refractivity contribution is 5.66. The van der Waals surface area contributed by atoms with Gasteiger partial charge in [0.15, 0.2) is 0 Å². The standard InChI is InChI=1S/C18H36O2.C11H24/c1-2-3-4-5-6-7-8-9-10-11-12-13-14-15-16-17-18(19)20;1-3-5-7-9-11-10-8-6-4-2/h2-17H2,1H3,(H,19,20);3-11H2,1-2H3. The van der Waals surface area contributed by atoms with Crippen molar-refractivity contribution in [2.45, 2.75) is 181 Å². The lowest BCUT2D eigenvalue weighted by Crippen LogP contribution is -1.93. The normalized spacial score (nSPS) is 10.7. The van der Waals surface area contributed by atoms with Crippen LogP contribution in [0.25, 0.3) is 0 Å². The zero-order valence-electron chi connectivity index (χ0n) is 22.0. The van der Waals surface area contributed by atoms with E-state index < -0.39 is 5.97 Å². The van der Waals surface area contributed by atoms with Crippen molar-refractivity contribution in [3.05, 3.63) is 0 Å². The molecule has 0 heterocycles. The first-order valence-electron chi connectivity index (χ1n) is 14.4. The molecule has 0 bridgehead atoms. The molecule has 0 saturated heterocycles. The van der Waals surface area contributed by atoms with E-state index in [9.17, 15) is 4.79 Å². The summed E-state index contributed by atoms with van der Waals surface area (Å²) in [5, 5.41) is 8.52. The molecular weight excluding hydrogens is 380 g/mol. The fourth-order valence-corrected chi connectivity index (χ4v) is 4.03. The Morgan fingerprint density at radius 1 is 0.387 bits per heavy atom. The van der Waals surface area contributed by atoms with E-state index in [4.69, 9.17) is 5.11 Å². The van der Waals surface area contributed by atoms with E-state index >= 15 is 0 Å². The van der Waals surface area contributed by atoms with E-state index in [1.54, 1.807) is 0 Å². The van der Waals surface area contributed by atoms with Crippen LogP contribution < -0.4 is 0 Å². The van der Waals surface area contributed by atoms with Gasteiger partial charge >= 0.3 is 5.97 Å². The number of carboxylic acids is 1. The molecule has 0 aliphatic carbocycles. The molecule has 2 nitrogen and oxygen atoms in total. The first kappa shape index (κ1) is 32.6. The second-order valence-corrected chi connectivity index (χ2v) is 9.57. The minimum Gasteiger partial charge on any atom is -0.481 e. The van der Waals surface area contributed by atoms with Crippen molar-refractivity contribution in [1.29, 1.82) is 0 Å². The fraction of sp³-hybridized carbons (Fsp3) is 0.966. The largest absolute Gasteiger partial charge is 0.481 e. The second-order valence-electron chi connectivity index (χ2n) is 9.57. The monoisotopic (exact) mass is 440 g/mol. The maximum absolute atomic E-state index is 10.3. The summed E-state index contributed by atoms with van der Waals surface area (Å²) in [6.07, 6.45) is 33.1. The maximum atomic E-state index is 10.3. The SMILES string of the molecule is CCCCCCCCCCC.CCCCCCCCCCCCCCCCCC(=O)O. The van der Waals surface area contributed by atoms with E-state index in [-0.39, 0.29) is 0 Å². The Hall–Kier alpha value is -0.530. The predicted octanol–water partition coefficient (Wildman–Crippen LogP) is 10.9. The zero-order valence-corrected chi connectivity index (χ0v) is 22.0. The molecule has 0 aromatic heterocycles. The van der Waals surface area contributed by atoms with Crippen molar-refractivity contribution in [3.63, 3.8) is 0 Å². The molecule has 0 fully saturated rings. The van der Waals surface area contributed by atoms with Crippen LogP contribution in [0.4, 0.5) is 0 Å². The number of unbranched alkanes of at least 4 members (excludes halogenated alkanes) is 22. The Morgan fingerprint density at radius 2 is 0.581 bits per heavy atom. The molecule has 0 aliphatic heterocycles. The summed E-state index contributed by atoms with van der Waals surface area (Å²) >= 11 is 0. The number of carboxylic acid groups (broad SMARTS) is 1. The number of hydrogen-bond donors (Lipinski definition) is 1. The zero-order chi connectivity index (χ0) is 23.3. The van der Waals surface area contributed by atoms with Crippen LogP contribution in [0.15, 0.2) is 0 Å². The van der Waals surface area contributed by atoms with E-state index in [2.05, 4.69) is 20.8 Å². The third-order valence-corrected chi connectivity index (χ3v) is 6.20. The summed E-state index contributed by atoms with van der Waals surface area (Å²) in [5.41, 5.74) is 0. The van der Waals surface area contributed by atoms with E-state index in [0.717, 1.165) is 12.8 Å². The Kier molecular flexibility index (Phi) is 33.3. The van der Waals surface area contributed by atoms with Crippen LogP contribution in [0.2, 0.25) is 0 Å². The molecular formula is C29H60O2. The average Bonchev–Trinajstić information content (AvgIpc) is 2.76. The van der Waals surface area contributed by atoms with Gasteiger partial charge in [-0.05, 0) is 6.42 Å². The average molecular weight is 441 g/mol. The fourth-order valence-electron chi connectivity index (χ4n) is 4.03. The first-order valence-corrected chi connectivity index (χ1v) is 14.4. The van der Waals surface area contributed by atoms with Crippen LogP contribution in [0.5, 0.6) is 0 Å². The Labute approximate surface area is 197 Å². The molecule has 0 unspecified atom stereocenters. The van der Waals surface area contributed by atoms with Crippen LogP contribution in [-0.4, -0.2) is 11.1 Å². The van der Waals surface area contributed by atoms with Crippen LogP contribution in [0, 0.1) is 0 Å². The van der Waals surface area contributed by atoms with E-state index in [0.29, 0.717) is 6.42 Å².